The van der Waals surface area contributed by atoms with Gasteiger partial charge < -0.3 is 9.47 Å². The second-order valence-electron chi connectivity index (χ2n) is 5.03. The molecule has 2 aromatic rings. The minimum atomic E-state index is 0.610. The molecule has 0 amide bonds. The lowest BCUT2D eigenvalue weighted by atomic mass is 10.2. The van der Waals surface area contributed by atoms with Crippen LogP contribution in [-0.4, -0.2) is 13.2 Å². The molecular formula is C19H18N2O2. The highest BCUT2D eigenvalue weighted by Crippen LogP contribution is 2.14. The van der Waals surface area contributed by atoms with Crippen molar-refractivity contribution in [3.63, 3.8) is 0 Å². The summed E-state index contributed by atoms with van der Waals surface area (Å²) >= 11 is 0. The predicted molar refractivity (Wildman–Crippen MR) is 87.2 cm³/mol. The lowest BCUT2D eigenvalue weighted by Crippen LogP contribution is -2.01. The minimum Gasteiger partial charge on any atom is -0.494 e. The molecule has 0 spiro atoms. The van der Waals surface area contributed by atoms with Gasteiger partial charge in [0.1, 0.15) is 11.5 Å². The molecule has 0 heterocycles. The molecular weight excluding hydrogens is 288 g/mol. The van der Waals surface area contributed by atoms with Gasteiger partial charge in [-0.25, -0.2) is 0 Å². The molecule has 0 aliphatic rings. The van der Waals surface area contributed by atoms with Gasteiger partial charge in [-0.3, -0.25) is 0 Å². The average molecular weight is 306 g/mol. The van der Waals surface area contributed by atoms with Crippen molar-refractivity contribution >= 4 is 0 Å². The van der Waals surface area contributed by atoms with Crippen molar-refractivity contribution in [1.29, 1.82) is 10.5 Å². The van der Waals surface area contributed by atoms with Crippen molar-refractivity contribution in [3.05, 3.63) is 59.7 Å². The summed E-state index contributed by atoms with van der Waals surface area (Å²) in [6, 6.07) is 18.5. The second kappa shape index (κ2) is 9.12. The van der Waals surface area contributed by atoms with E-state index in [0.717, 1.165) is 30.8 Å². The first-order valence-corrected chi connectivity index (χ1v) is 7.58. The first-order chi connectivity index (χ1) is 11.3. The summed E-state index contributed by atoms with van der Waals surface area (Å²) in [4.78, 5) is 0. The van der Waals surface area contributed by atoms with Gasteiger partial charge in [-0.1, -0.05) is 6.07 Å². The molecule has 0 fully saturated rings. The summed E-state index contributed by atoms with van der Waals surface area (Å²) < 4.78 is 11.2. The molecule has 0 aliphatic heterocycles. The van der Waals surface area contributed by atoms with Crippen LogP contribution in [0.25, 0.3) is 0 Å². The molecule has 0 aliphatic carbocycles. The normalized spacial score (nSPS) is 9.65. The fraction of sp³-hybridized carbons (Fsp3) is 0.263. The Kier molecular flexibility index (Phi) is 6.50. The maximum atomic E-state index is 8.82. The highest BCUT2D eigenvalue weighted by molar-refractivity contribution is 5.36. The number of benzene rings is 2. The molecule has 0 radical (unpaired) electrons. The molecule has 0 bridgehead atoms. The van der Waals surface area contributed by atoms with Crippen LogP contribution in [0.4, 0.5) is 0 Å². The average Bonchev–Trinajstić information content (AvgIpc) is 2.61. The van der Waals surface area contributed by atoms with Crippen LogP contribution in [0, 0.1) is 22.7 Å². The highest BCUT2D eigenvalue weighted by atomic mass is 16.5. The van der Waals surface area contributed by atoms with E-state index in [9.17, 15) is 0 Å². The molecule has 116 valence electrons. The molecule has 0 unspecified atom stereocenters. The van der Waals surface area contributed by atoms with Crippen LogP contribution < -0.4 is 9.47 Å². The fourth-order valence-corrected chi connectivity index (χ4v) is 2.04. The maximum absolute atomic E-state index is 8.82. The minimum absolute atomic E-state index is 0.610. The Balaban J connectivity index is 1.57. The summed E-state index contributed by atoms with van der Waals surface area (Å²) in [6.45, 7) is 1.28. The van der Waals surface area contributed by atoms with Gasteiger partial charge in [0.05, 0.1) is 36.5 Å². The Morgan fingerprint density at radius 1 is 0.696 bits per heavy atom. The Bertz CT molecular complexity index is 697. The summed E-state index contributed by atoms with van der Waals surface area (Å²) in [6.07, 6.45) is 2.89. The van der Waals surface area contributed by atoms with E-state index >= 15 is 0 Å². The maximum Gasteiger partial charge on any atom is 0.120 e. The van der Waals surface area contributed by atoms with Crippen LogP contribution in [0.2, 0.25) is 0 Å². The number of nitrogens with zero attached hydrogens (tertiary/aromatic N) is 2. The SMILES string of the molecule is N#Cc1ccc(OCCCCCOc2cccc(C#N)c2)cc1. The largest absolute Gasteiger partial charge is 0.494 e. The Morgan fingerprint density at radius 3 is 2.00 bits per heavy atom. The number of rotatable bonds is 8. The quantitative estimate of drug-likeness (QED) is 0.690. The zero-order valence-electron chi connectivity index (χ0n) is 12.9. The van der Waals surface area contributed by atoms with E-state index in [4.69, 9.17) is 20.0 Å². The molecule has 0 saturated heterocycles. The summed E-state index contributed by atoms with van der Waals surface area (Å²) in [5.41, 5.74) is 1.24. The van der Waals surface area contributed by atoms with Gasteiger partial charge in [-0.15, -0.1) is 0 Å². The van der Waals surface area contributed by atoms with Crippen molar-refractivity contribution in [2.45, 2.75) is 19.3 Å². The molecule has 0 aromatic heterocycles. The first-order valence-electron chi connectivity index (χ1n) is 7.58. The summed E-state index contributed by atoms with van der Waals surface area (Å²) in [5, 5.41) is 17.5. The van der Waals surface area contributed by atoms with E-state index in [-0.39, 0.29) is 0 Å². The molecule has 0 atom stereocenters. The van der Waals surface area contributed by atoms with Crippen LogP contribution in [0.3, 0.4) is 0 Å². The Hall–Kier alpha value is -2.98. The molecule has 23 heavy (non-hydrogen) atoms. The zero-order valence-corrected chi connectivity index (χ0v) is 12.9. The van der Waals surface area contributed by atoms with E-state index in [1.807, 2.05) is 24.3 Å². The van der Waals surface area contributed by atoms with E-state index in [0.29, 0.717) is 24.3 Å². The monoisotopic (exact) mass is 306 g/mol. The van der Waals surface area contributed by atoms with Gasteiger partial charge in [0.15, 0.2) is 0 Å². The molecule has 4 nitrogen and oxygen atoms in total. The number of nitriles is 2. The van der Waals surface area contributed by atoms with E-state index in [1.165, 1.54) is 0 Å². The van der Waals surface area contributed by atoms with Crippen LogP contribution in [0.5, 0.6) is 11.5 Å². The first kappa shape index (κ1) is 16.4. The van der Waals surface area contributed by atoms with Gasteiger partial charge in [0, 0.05) is 0 Å². The lowest BCUT2D eigenvalue weighted by molar-refractivity contribution is 0.279. The number of hydrogen-bond acceptors (Lipinski definition) is 4. The Morgan fingerprint density at radius 2 is 1.35 bits per heavy atom. The van der Waals surface area contributed by atoms with Gasteiger partial charge >= 0.3 is 0 Å². The third-order valence-corrected chi connectivity index (χ3v) is 3.27. The topological polar surface area (TPSA) is 66.0 Å². The van der Waals surface area contributed by atoms with Gasteiger partial charge in [0.2, 0.25) is 0 Å². The van der Waals surface area contributed by atoms with Crippen molar-refractivity contribution in [3.8, 4) is 23.6 Å². The molecule has 4 heteroatoms. The Labute approximate surface area is 136 Å². The molecule has 2 aromatic carbocycles. The van der Waals surface area contributed by atoms with Gasteiger partial charge in [-0.05, 0) is 61.7 Å². The third-order valence-electron chi connectivity index (χ3n) is 3.27. The lowest BCUT2D eigenvalue weighted by Gasteiger charge is -2.07. The standard InChI is InChI=1S/C19H18N2O2/c20-14-16-7-9-18(10-8-16)22-11-2-1-3-12-23-19-6-4-5-17(13-19)15-21/h4-10,13H,1-3,11-12H2. The summed E-state index contributed by atoms with van der Waals surface area (Å²) in [5.74, 6) is 1.52. The van der Waals surface area contributed by atoms with E-state index < -0.39 is 0 Å². The van der Waals surface area contributed by atoms with Crippen LogP contribution in [0.1, 0.15) is 30.4 Å². The van der Waals surface area contributed by atoms with E-state index in [2.05, 4.69) is 12.1 Å². The smallest absolute Gasteiger partial charge is 0.120 e. The van der Waals surface area contributed by atoms with E-state index in [1.54, 1.807) is 24.3 Å². The number of ether oxygens (including phenoxy) is 2. The molecule has 0 N–H and O–H groups in total. The number of unbranched alkanes of at least 4 members (excludes halogenated alkanes) is 2. The van der Waals surface area contributed by atoms with Crippen molar-refractivity contribution < 1.29 is 9.47 Å². The molecule has 0 saturated carbocycles. The third kappa shape index (κ3) is 5.73. The zero-order chi connectivity index (χ0) is 16.3. The predicted octanol–water partition coefficient (Wildman–Crippen LogP) is 4.06. The van der Waals surface area contributed by atoms with Crippen LogP contribution >= 0.6 is 0 Å². The summed E-state index contributed by atoms with van der Waals surface area (Å²) in [7, 11) is 0. The second-order valence-corrected chi connectivity index (χ2v) is 5.03. The van der Waals surface area contributed by atoms with Crippen LogP contribution in [-0.2, 0) is 0 Å². The molecule has 2 rings (SSSR count). The van der Waals surface area contributed by atoms with Crippen molar-refractivity contribution in [2.75, 3.05) is 13.2 Å². The number of hydrogen-bond donors (Lipinski definition) is 0. The van der Waals surface area contributed by atoms with Gasteiger partial charge in [-0.2, -0.15) is 10.5 Å². The van der Waals surface area contributed by atoms with Gasteiger partial charge in [0.25, 0.3) is 0 Å². The van der Waals surface area contributed by atoms with Crippen molar-refractivity contribution in [1.82, 2.24) is 0 Å². The van der Waals surface area contributed by atoms with Crippen LogP contribution in [0.15, 0.2) is 48.5 Å². The highest BCUT2D eigenvalue weighted by Gasteiger charge is 1.98. The van der Waals surface area contributed by atoms with Crippen molar-refractivity contribution in [2.24, 2.45) is 0 Å². The fourth-order valence-electron chi connectivity index (χ4n) is 2.04.